The van der Waals surface area contributed by atoms with Crippen molar-refractivity contribution < 1.29 is 0 Å². The highest BCUT2D eigenvalue weighted by atomic mass is 32.1. The van der Waals surface area contributed by atoms with E-state index in [-0.39, 0.29) is 0 Å². The van der Waals surface area contributed by atoms with Gasteiger partial charge in [0.15, 0.2) is 0 Å². The summed E-state index contributed by atoms with van der Waals surface area (Å²) in [4.78, 5) is 10.5. The fourth-order valence-corrected chi connectivity index (χ4v) is 3.42. The van der Waals surface area contributed by atoms with Crippen molar-refractivity contribution in [1.29, 1.82) is 0 Å². The molecule has 0 radical (unpaired) electrons. The van der Waals surface area contributed by atoms with Crippen molar-refractivity contribution in [2.75, 3.05) is 7.05 Å². The van der Waals surface area contributed by atoms with Crippen LogP contribution in [0, 0.1) is 5.92 Å². The van der Waals surface area contributed by atoms with Crippen molar-refractivity contribution in [3.05, 3.63) is 34.6 Å². The first-order chi connectivity index (χ1) is 9.65. The number of hydrogen-bond donors (Lipinski definition) is 1. The Bertz CT molecular complexity index is 561. The minimum Gasteiger partial charge on any atom is -0.315 e. The van der Waals surface area contributed by atoms with Crippen LogP contribution < -0.4 is 5.32 Å². The van der Waals surface area contributed by atoms with Gasteiger partial charge in [-0.25, -0.2) is 4.98 Å². The van der Waals surface area contributed by atoms with Crippen molar-refractivity contribution in [1.82, 2.24) is 15.3 Å². The average Bonchev–Trinajstić information content (AvgIpc) is 2.81. The molecule has 2 aromatic heterocycles. The first-order valence-electron chi connectivity index (χ1n) is 7.22. The van der Waals surface area contributed by atoms with E-state index in [0.29, 0.717) is 5.92 Å². The summed E-state index contributed by atoms with van der Waals surface area (Å²) in [6.45, 7) is 7.54. The van der Waals surface area contributed by atoms with E-state index in [9.17, 15) is 0 Å². The second-order valence-electron chi connectivity index (χ2n) is 5.40. The zero-order valence-corrected chi connectivity index (χ0v) is 13.5. The summed E-state index contributed by atoms with van der Waals surface area (Å²) in [7, 11) is 1.99. The Morgan fingerprint density at radius 1 is 1.35 bits per heavy atom. The molecule has 3 nitrogen and oxygen atoms in total. The Balaban J connectivity index is 2.41. The number of hydrogen-bond acceptors (Lipinski definition) is 4. The third-order valence-corrected chi connectivity index (χ3v) is 4.36. The monoisotopic (exact) mass is 289 g/mol. The van der Waals surface area contributed by atoms with Crippen LogP contribution in [0.5, 0.6) is 0 Å². The van der Waals surface area contributed by atoms with Crippen LogP contribution in [0.4, 0.5) is 0 Å². The molecule has 0 bridgehead atoms. The van der Waals surface area contributed by atoms with Crippen LogP contribution in [-0.2, 0) is 19.4 Å². The second kappa shape index (κ2) is 6.95. The lowest BCUT2D eigenvalue weighted by Crippen LogP contribution is -2.07. The molecular formula is C16H23N3S. The summed E-state index contributed by atoms with van der Waals surface area (Å²) in [5, 5.41) is 4.38. The molecule has 0 spiro atoms. The lowest BCUT2D eigenvalue weighted by molar-refractivity contribution is 0.631. The van der Waals surface area contributed by atoms with Gasteiger partial charge in [-0.1, -0.05) is 20.8 Å². The Morgan fingerprint density at radius 2 is 2.15 bits per heavy atom. The van der Waals surface area contributed by atoms with Crippen molar-refractivity contribution in [3.63, 3.8) is 0 Å². The Hall–Kier alpha value is -1.26. The van der Waals surface area contributed by atoms with Gasteiger partial charge in [0.1, 0.15) is 5.01 Å². The smallest absolute Gasteiger partial charge is 0.124 e. The van der Waals surface area contributed by atoms with Crippen LogP contribution in [0.15, 0.2) is 18.5 Å². The number of nitrogens with one attached hydrogen (secondary N) is 1. The highest BCUT2D eigenvalue weighted by Crippen LogP contribution is 2.31. The molecule has 0 fully saturated rings. The van der Waals surface area contributed by atoms with Gasteiger partial charge in [-0.3, -0.25) is 4.98 Å². The largest absolute Gasteiger partial charge is 0.315 e. The molecule has 0 aliphatic rings. The van der Waals surface area contributed by atoms with E-state index < -0.39 is 0 Å². The standard InChI is InChI=1S/C16H23N3S/c1-5-12-9-18-7-6-13(12)16-19-14(8-11(2)3)15(20-16)10-17-4/h6-7,9,11,17H,5,8,10H2,1-4H3. The van der Waals surface area contributed by atoms with Crippen LogP contribution in [0.3, 0.4) is 0 Å². The molecule has 0 aliphatic carbocycles. The topological polar surface area (TPSA) is 37.8 Å². The zero-order valence-electron chi connectivity index (χ0n) is 12.7. The fourth-order valence-electron chi connectivity index (χ4n) is 2.26. The maximum atomic E-state index is 4.90. The van der Waals surface area contributed by atoms with E-state index in [1.807, 2.05) is 30.8 Å². The Labute approximate surface area is 125 Å². The highest BCUT2D eigenvalue weighted by molar-refractivity contribution is 7.15. The molecule has 4 heteroatoms. The minimum atomic E-state index is 0.628. The summed E-state index contributed by atoms with van der Waals surface area (Å²) in [6.07, 6.45) is 5.84. The number of aromatic nitrogens is 2. The molecule has 20 heavy (non-hydrogen) atoms. The van der Waals surface area contributed by atoms with Crippen LogP contribution in [-0.4, -0.2) is 17.0 Å². The van der Waals surface area contributed by atoms with Crippen LogP contribution in [0.25, 0.3) is 10.6 Å². The lowest BCUT2D eigenvalue weighted by Gasteiger charge is -2.04. The van der Waals surface area contributed by atoms with Gasteiger partial charge in [0, 0.05) is 29.4 Å². The Morgan fingerprint density at radius 3 is 2.80 bits per heavy atom. The summed E-state index contributed by atoms with van der Waals surface area (Å²) in [6, 6.07) is 2.08. The molecule has 108 valence electrons. The normalized spacial score (nSPS) is 11.2. The van der Waals surface area contributed by atoms with Gasteiger partial charge in [0.25, 0.3) is 0 Å². The van der Waals surface area contributed by atoms with Gasteiger partial charge in [-0.2, -0.15) is 0 Å². The van der Waals surface area contributed by atoms with Gasteiger partial charge >= 0.3 is 0 Å². The summed E-state index contributed by atoms with van der Waals surface area (Å²) < 4.78 is 0. The fraction of sp³-hybridized carbons (Fsp3) is 0.500. The molecule has 1 N–H and O–H groups in total. The summed E-state index contributed by atoms with van der Waals surface area (Å²) in [5.41, 5.74) is 3.75. The maximum Gasteiger partial charge on any atom is 0.124 e. The van der Waals surface area contributed by atoms with Gasteiger partial charge in [0.05, 0.1) is 5.69 Å². The molecule has 2 aromatic rings. The molecular weight excluding hydrogens is 266 g/mol. The van der Waals surface area contributed by atoms with E-state index in [0.717, 1.165) is 24.4 Å². The number of thiazole rings is 1. The first-order valence-corrected chi connectivity index (χ1v) is 8.03. The molecule has 0 atom stereocenters. The number of rotatable bonds is 6. The first kappa shape index (κ1) is 15.1. The summed E-state index contributed by atoms with van der Waals surface area (Å²) >= 11 is 1.81. The van der Waals surface area contributed by atoms with E-state index in [1.165, 1.54) is 21.7 Å². The SMILES string of the molecule is CCc1cnccc1-c1nc(CC(C)C)c(CNC)s1. The van der Waals surface area contributed by atoms with Gasteiger partial charge in [-0.15, -0.1) is 11.3 Å². The molecule has 2 heterocycles. The van der Waals surface area contributed by atoms with E-state index >= 15 is 0 Å². The van der Waals surface area contributed by atoms with Gasteiger partial charge in [0.2, 0.25) is 0 Å². The highest BCUT2D eigenvalue weighted by Gasteiger charge is 2.15. The maximum absolute atomic E-state index is 4.90. The third-order valence-electron chi connectivity index (χ3n) is 3.23. The predicted molar refractivity (Wildman–Crippen MR) is 86.0 cm³/mol. The molecule has 0 saturated heterocycles. The van der Waals surface area contributed by atoms with Crippen LogP contribution in [0.1, 0.15) is 36.9 Å². The molecule has 0 saturated carbocycles. The lowest BCUT2D eigenvalue weighted by atomic mass is 10.1. The predicted octanol–water partition coefficient (Wildman–Crippen LogP) is 3.69. The molecule has 0 aliphatic heterocycles. The molecule has 0 amide bonds. The zero-order chi connectivity index (χ0) is 14.5. The average molecular weight is 289 g/mol. The van der Waals surface area contributed by atoms with Crippen molar-refractivity contribution in [2.24, 2.45) is 5.92 Å². The van der Waals surface area contributed by atoms with Crippen molar-refractivity contribution in [3.8, 4) is 10.6 Å². The number of pyridine rings is 1. The quantitative estimate of drug-likeness (QED) is 0.881. The van der Waals surface area contributed by atoms with E-state index in [1.54, 1.807) is 0 Å². The molecule has 0 unspecified atom stereocenters. The van der Waals surface area contributed by atoms with Crippen LogP contribution >= 0.6 is 11.3 Å². The van der Waals surface area contributed by atoms with Crippen molar-refractivity contribution >= 4 is 11.3 Å². The Kier molecular flexibility index (Phi) is 5.26. The summed E-state index contributed by atoms with van der Waals surface area (Å²) in [5.74, 6) is 0.628. The van der Waals surface area contributed by atoms with Crippen LogP contribution in [0.2, 0.25) is 0 Å². The van der Waals surface area contributed by atoms with Gasteiger partial charge < -0.3 is 5.32 Å². The number of aryl methyl sites for hydroxylation is 1. The van der Waals surface area contributed by atoms with E-state index in [4.69, 9.17) is 4.98 Å². The third kappa shape index (κ3) is 3.44. The van der Waals surface area contributed by atoms with E-state index in [2.05, 4.69) is 37.1 Å². The van der Waals surface area contributed by atoms with Crippen molar-refractivity contribution in [2.45, 2.75) is 40.2 Å². The minimum absolute atomic E-state index is 0.628. The second-order valence-corrected chi connectivity index (χ2v) is 6.49. The molecule has 2 rings (SSSR count). The molecule has 0 aromatic carbocycles. The number of nitrogens with zero attached hydrogens (tertiary/aromatic N) is 2. The van der Waals surface area contributed by atoms with Gasteiger partial charge in [-0.05, 0) is 37.4 Å².